The van der Waals surface area contributed by atoms with Crippen LogP contribution in [0.5, 0.6) is 0 Å². The molecule has 0 spiro atoms. The molecule has 6 rings (SSSR count). The topological polar surface area (TPSA) is 58.2 Å². The standard InChI is InChI=1S/C20H24N2O2/c23-18-7-16-6-12(1-2-17(16)22-18)11-21-19(24)20-8-13-3-14(9-20)5-15(4-13)10-20/h1-2,6,13-15H,3-5,7-11H2,(H,21,24)(H,22,23). The molecule has 4 nitrogen and oxygen atoms in total. The van der Waals surface area contributed by atoms with Gasteiger partial charge in [-0.2, -0.15) is 0 Å². The van der Waals surface area contributed by atoms with E-state index in [1.165, 1.54) is 19.3 Å². The van der Waals surface area contributed by atoms with Gasteiger partial charge in [0, 0.05) is 17.6 Å². The number of hydrogen-bond acceptors (Lipinski definition) is 2. The Hall–Kier alpha value is -1.84. The van der Waals surface area contributed by atoms with Gasteiger partial charge in [0.05, 0.1) is 6.42 Å². The van der Waals surface area contributed by atoms with Crippen LogP contribution in [0.1, 0.15) is 49.7 Å². The van der Waals surface area contributed by atoms with Crippen LogP contribution in [0.3, 0.4) is 0 Å². The van der Waals surface area contributed by atoms with Gasteiger partial charge in [-0.1, -0.05) is 12.1 Å². The highest BCUT2D eigenvalue weighted by molar-refractivity contribution is 5.99. The lowest BCUT2D eigenvalue weighted by molar-refractivity contribution is -0.146. The maximum absolute atomic E-state index is 13.0. The van der Waals surface area contributed by atoms with Crippen LogP contribution >= 0.6 is 0 Å². The van der Waals surface area contributed by atoms with Crippen molar-refractivity contribution in [3.8, 4) is 0 Å². The first-order valence-electron chi connectivity index (χ1n) is 9.30. The summed E-state index contributed by atoms with van der Waals surface area (Å²) in [6, 6.07) is 6.00. The van der Waals surface area contributed by atoms with E-state index >= 15 is 0 Å². The van der Waals surface area contributed by atoms with Crippen LogP contribution in [0.15, 0.2) is 18.2 Å². The predicted octanol–water partition coefficient (Wildman–Crippen LogP) is 3.01. The van der Waals surface area contributed by atoms with Crippen molar-refractivity contribution in [1.82, 2.24) is 5.32 Å². The molecule has 0 radical (unpaired) electrons. The van der Waals surface area contributed by atoms with Crippen LogP contribution in [0, 0.1) is 23.2 Å². The smallest absolute Gasteiger partial charge is 0.228 e. The molecular formula is C20H24N2O2. The van der Waals surface area contributed by atoms with E-state index in [0.717, 1.165) is 53.8 Å². The Balaban J connectivity index is 1.28. The molecule has 4 fully saturated rings. The van der Waals surface area contributed by atoms with Gasteiger partial charge in [-0.3, -0.25) is 9.59 Å². The van der Waals surface area contributed by atoms with E-state index in [9.17, 15) is 9.59 Å². The second kappa shape index (κ2) is 5.08. The quantitative estimate of drug-likeness (QED) is 0.898. The van der Waals surface area contributed by atoms with Crippen LogP contribution in [-0.4, -0.2) is 11.8 Å². The predicted molar refractivity (Wildman–Crippen MR) is 91.2 cm³/mol. The number of amides is 2. The summed E-state index contributed by atoms with van der Waals surface area (Å²) in [7, 11) is 0. The lowest BCUT2D eigenvalue weighted by atomic mass is 9.49. The molecule has 4 bridgehead atoms. The van der Waals surface area contributed by atoms with E-state index in [0.29, 0.717) is 13.0 Å². The summed E-state index contributed by atoms with van der Waals surface area (Å²) in [6.45, 7) is 0.571. The molecule has 5 aliphatic rings. The van der Waals surface area contributed by atoms with E-state index in [1.807, 2.05) is 18.2 Å². The third-order valence-corrected chi connectivity index (χ3v) is 6.77. The monoisotopic (exact) mass is 324 g/mol. The molecule has 0 saturated heterocycles. The van der Waals surface area contributed by atoms with E-state index in [4.69, 9.17) is 0 Å². The third-order valence-electron chi connectivity index (χ3n) is 6.77. The van der Waals surface area contributed by atoms with Crippen molar-refractivity contribution in [2.24, 2.45) is 23.2 Å². The summed E-state index contributed by atoms with van der Waals surface area (Å²) >= 11 is 0. The van der Waals surface area contributed by atoms with Crippen LogP contribution in [-0.2, 0) is 22.6 Å². The number of carbonyl (C=O) groups is 2. The minimum Gasteiger partial charge on any atom is -0.352 e. The van der Waals surface area contributed by atoms with E-state index in [1.54, 1.807) is 0 Å². The highest BCUT2D eigenvalue weighted by Gasteiger charge is 2.54. The second-order valence-electron chi connectivity index (χ2n) is 8.60. The Morgan fingerprint density at radius 2 is 1.79 bits per heavy atom. The summed E-state index contributed by atoms with van der Waals surface area (Å²) < 4.78 is 0. The van der Waals surface area contributed by atoms with Crippen molar-refractivity contribution in [3.05, 3.63) is 29.3 Å². The number of anilines is 1. The van der Waals surface area contributed by atoms with Gasteiger partial charge in [-0.25, -0.2) is 0 Å². The van der Waals surface area contributed by atoms with Crippen molar-refractivity contribution in [3.63, 3.8) is 0 Å². The SMILES string of the molecule is O=C1Cc2cc(CNC(=O)C34CC5CC(CC(C5)C3)C4)ccc2N1. The molecule has 0 unspecified atom stereocenters. The summed E-state index contributed by atoms with van der Waals surface area (Å²) in [6.07, 6.45) is 7.84. The normalized spacial score (nSPS) is 35.7. The van der Waals surface area contributed by atoms with Gasteiger partial charge < -0.3 is 10.6 Å². The fraction of sp³-hybridized carbons (Fsp3) is 0.600. The molecule has 4 saturated carbocycles. The molecule has 1 aliphatic heterocycles. The summed E-state index contributed by atoms with van der Waals surface area (Å²) in [5.74, 6) is 2.70. The van der Waals surface area contributed by atoms with Crippen molar-refractivity contribution >= 4 is 17.5 Å². The molecule has 1 aromatic carbocycles. The summed E-state index contributed by atoms with van der Waals surface area (Å²) in [4.78, 5) is 24.4. The zero-order valence-electron chi connectivity index (χ0n) is 13.9. The van der Waals surface area contributed by atoms with Crippen LogP contribution in [0.2, 0.25) is 0 Å². The average molecular weight is 324 g/mol. The maximum atomic E-state index is 13.0. The molecule has 2 amide bonds. The van der Waals surface area contributed by atoms with E-state index in [2.05, 4.69) is 10.6 Å². The Morgan fingerprint density at radius 3 is 2.46 bits per heavy atom. The number of fused-ring (bicyclic) bond motifs is 1. The number of hydrogen-bond donors (Lipinski definition) is 2. The molecule has 4 heteroatoms. The van der Waals surface area contributed by atoms with Gasteiger partial charge in [-0.05, 0) is 73.5 Å². The molecule has 2 N–H and O–H groups in total. The molecule has 1 aromatic rings. The highest BCUT2D eigenvalue weighted by atomic mass is 16.2. The second-order valence-corrected chi connectivity index (χ2v) is 8.60. The molecule has 0 atom stereocenters. The number of rotatable bonds is 3. The van der Waals surface area contributed by atoms with Gasteiger partial charge in [0.15, 0.2) is 0 Å². The Labute approximate surface area is 142 Å². The summed E-state index contributed by atoms with van der Waals surface area (Å²) in [5, 5.41) is 6.07. The van der Waals surface area contributed by atoms with Crippen molar-refractivity contribution in [2.75, 3.05) is 5.32 Å². The fourth-order valence-electron chi connectivity index (χ4n) is 6.15. The molecule has 126 valence electrons. The van der Waals surface area contributed by atoms with Crippen LogP contribution < -0.4 is 10.6 Å². The number of carbonyl (C=O) groups excluding carboxylic acids is 2. The Bertz CT molecular complexity index is 689. The minimum absolute atomic E-state index is 0.0553. The van der Waals surface area contributed by atoms with Crippen LogP contribution in [0.25, 0.3) is 0 Å². The van der Waals surface area contributed by atoms with E-state index < -0.39 is 0 Å². The van der Waals surface area contributed by atoms with Gasteiger partial charge in [0.25, 0.3) is 0 Å². The van der Waals surface area contributed by atoms with Gasteiger partial charge in [0.1, 0.15) is 0 Å². The van der Waals surface area contributed by atoms with Crippen molar-refractivity contribution in [1.29, 1.82) is 0 Å². The molecule has 0 aromatic heterocycles. The van der Waals surface area contributed by atoms with E-state index in [-0.39, 0.29) is 17.2 Å². The lowest BCUT2D eigenvalue weighted by Crippen LogP contribution is -2.53. The fourth-order valence-corrected chi connectivity index (χ4v) is 6.15. The molecule has 1 heterocycles. The number of nitrogens with one attached hydrogen (secondary N) is 2. The molecule has 24 heavy (non-hydrogen) atoms. The first kappa shape index (κ1) is 14.5. The number of benzene rings is 1. The van der Waals surface area contributed by atoms with Gasteiger partial charge in [-0.15, -0.1) is 0 Å². The Kier molecular flexibility index (Phi) is 3.07. The lowest BCUT2D eigenvalue weighted by Gasteiger charge is -2.55. The van der Waals surface area contributed by atoms with Gasteiger partial charge in [0.2, 0.25) is 11.8 Å². The first-order valence-corrected chi connectivity index (χ1v) is 9.30. The maximum Gasteiger partial charge on any atom is 0.228 e. The first-order chi connectivity index (χ1) is 11.6. The van der Waals surface area contributed by atoms with Crippen molar-refractivity contribution in [2.45, 2.75) is 51.5 Å². The zero-order chi connectivity index (χ0) is 16.3. The molecule has 4 aliphatic carbocycles. The van der Waals surface area contributed by atoms with Crippen molar-refractivity contribution < 1.29 is 9.59 Å². The zero-order valence-corrected chi connectivity index (χ0v) is 13.9. The third kappa shape index (κ3) is 2.27. The largest absolute Gasteiger partial charge is 0.352 e. The average Bonchev–Trinajstić information content (AvgIpc) is 2.90. The van der Waals surface area contributed by atoms with Crippen LogP contribution in [0.4, 0.5) is 5.69 Å². The Morgan fingerprint density at radius 1 is 1.12 bits per heavy atom. The highest BCUT2D eigenvalue weighted by Crippen LogP contribution is 2.60. The minimum atomic E-state index is -0.0804. The molecular weight excluding hydrogens is 300 g/mol. The summed E-state index contributed by atoms with van der Waals surface area (Å²) in [5.41, 5.74) is 2.96. The van der Waals surface area contributed by atoms with Gasteiger partial charge >= 0.3 is 0 Å².